The van der Waals surface area contributed by atoms with Crippen LogP contribution in [0.1, 0.15) is 25.0 Å². The molecule has 1 aromatic carbocycles. The van der Waals surface area contributed by atoms with Crippen LogP contribution in [0.2, 0.25) is 0 Å². The molecule has 4 heteroatoms. The normalized spacial score (nSPS) is 12.3. The van der Waals surface area contributed by atoms with Crippen molar-refractivity contribution in [2.24, 2.45) is 5.73 Å². The molecule has 3 N–H and O–H groups in total. The highest BCUT2D eigenvalue weighted by Gasteiger charge is 2.13. The predicted octanol–water partition coefficient (Wildman–Crippen LogP) is 3.01. The number of imidazole rings is 1. The number of aryl methyl sites for hydroxylation is 2. The fourth-order valence-electron chi connectivity index (χ4n) is 1.57. The van der Waals surface area contributed by atoms with Gasteiger partial charge in [-0.1, -0.05) is 11.8 Å². The number of nitrogens with two attached hydrogens (primary N) is 1. The van der Waals surface area contributed by atoms with Gasteiger partial charge in [-0.15, -0.1) is 0 Å². The first-order valence-corrected chi connectivity index (χ1v) is 6.72. The lowest BCUT2D eigenvalue weighted by Gasteiger charge is -2.16. The van der Waals surface area contributed by atoms with E-state index in [4.69, 9.17) is 5.73 Å². The van der Waals surface area contributed by atoms with Crippen molar-refractivity contribution in [2.75, 3.05) is 5.75 Å². The van der Waals surface area contributed by atoms with Crippen LogP contribution in [0.15, 0.2) is 17.3 Å². The van der Waals surface area contributed by atoms with Crippen molar-refractivity contribution in [3.05, 3.63) is 23.3 Å². The highest BCUT2D eigenvalue weighted by molar-refractivity contribution is 7.99. The van der Waals surface area contributed by atoms with Gasteiger partial charge in [0.2, 0.25) is 0 Å². The Morgan fingerprint density at radius 1 is 1.29 bits per heavy atom. The van der Waals surface area contributed by atoms with Crippen molar-refractivity contribution in [1.82, 2.24) is 9.97 Å². The number of aromatic amines is 1. The highest BCUT2D eigenvalue weighted by atomic mass is 32.2. The zero-order valence-electron chi connectivity index (χ0n) is 10.8. The van der Waals surface area contributed by atoms with E-state index >= 15 is 0 Å². The average Bonchev–Trinajstić information content (AvgIpc) is 2.57. The van der Waals surface area contributed by atoms with Gasteiger partial charge >= 0.3 is 0 Å². The fourth-order valence-corrected chi connectivity index (χ4v) is 2.42. The predicted molar refractivity (Wildman–Crippen MR) is 74.6 cm³/mol. The molecule has 0 spiro atoms. The van der Waals surface area contributed by atoms with E-state index in [1.54, 1.807) is 11.8 Å². The smallest absolute Gasteiger partial charge is 0.166 e. The second kappa shape index (κ2) is 4.35. The van der Waals surface area contributed by atoms with Crippen molar-refractivity contribution in [3.8, 4) is 0 Å². The van der Waals surface area contributed by atoms with Crippen LogP contribution in [0.25, 0.3) is 11.0 Å². The summed E-state index contributed by atoms with van der Waals surface area (Å²) in [5, 5.41) is 0.948. The molecule has 0 aliphatic rings. The third-order valence-corrected chi connectivity index (χ3v) is 4.01. The second-order valence-electron chi connectivity index (χ2n) is 5.27. The minimum atomic E-state index is -0.171. The topological polar surface area (TPSA) is 54.7 Å². The molecule has 0 saturated carbocycles. The average molecular weight is 249 g/mol. The van der Waals surface area contributed by atoms with Crippen molar-refractivity contribution >= 4 is 22.8 Å². The maximum atomic E-state index is 5.96. The molecule has 0 radical (unpaired) electrons. The highest BCUT2D eigenvalue weighted by Crippen LogP contribution is 2.23. The Balaban J connectivity index is 2.26. The van der Waals surface area contributed by atoms with Gasteiger partial charge in [-0.2, -0.15) is 0 Å². The summed E-state index contributed by atoms with van der Waals surface area (Å²) in [5.41, 5.74) is 10.5. The summed E-state index contributed by atoms with van der Waals surface area (Å²) in [4.78, 5) is 7.90. The largest absolute Gasteiger partial charge is 0.333 e. The summed E-state index contributed by atoms with van der Waals surface area (Å²) in [5.74, 6) is 0.852. The molecule has 0 aliphatic carbocycles. The number of thioether (sulfide) groups is 1. The Hall–Kier alpha value is -1.00. The van der Waals surface area contributed by atoms with E-state index in [0.717, 1.165) is 21.9 Å². The summed E-state index contributed by atoms with van der Waals surface area (Å²) in [6, 6.07) is 4.27. The van der Waals surface area contributed by atoms with Crippen LogP contribution in [-0.2, 0) is 0 Å². The van der Waals surface area contributed by atoms with E-state index in [-0.39, 0.29) is 5.54 Å². The van der Waals surface area contributed by atoms with Crippen molar-refractivity contribution in [2.45, 2.75) is 38.4 Å². The van der Waals surface area contributed by atoms with Crippen LogP contribution in [-0.4, -0.2) is 21.3 Å². The number of aromatic nitrogens is 2. The van der Waals surface area contributed by atoms with E-state index in [2.05, 4.69) is 35.9 Å². The first-order chi connectivity index (χ1) is 7.85. The Morgan fingerprint density at radius 2 is 1.94 bits per heavy atom. The number of benzene rings is 1. The molecular weight excluding hydrogens is 230 g/mol. The van der Waals surface area contributed by atoms with Gasteiger partial charge < -0.3 is 10.7 Å². The molecule has 0 unspecified atom stereocenters. The lowest BCUT2D eigenvalue weighted by Crippen LogP contribution is -2.34. The molecule has 0 amide bonds. The molecule has 3 nitrogen and oxygen atoms in total. The molecule has 92 valence electrons. The van der Waals surface area contributed by atoms with E-state index < -0.39 is 0 Å². The van der Waals surface area contributed by atoms with Crippen molar-refractivity contribution < 1.29 is 0 Å². The summed E-state index contributed by atoms with van der Waals surface area (Å²) < 4.78 is 0. The summed E-state index contributed by atoms with van der Waals surface area (Å²) in [6.45, 7) is 8.28. The molecule has 1 aromatic heterocycles. The molecule has 2 rings (SSSR count). The number of fused-ring (bicyclic) bond motifs is 1. The lowest BCUT2D eigenvalue weighted by molar-refractivity contribution is 0.590. The maximum absolute atomic E-state index is 5.96. The number of nitrogens with one attached hydrogen (secondary N) is 1. The summed E-state index contributed by atoms with van der Waals surface area (Å²) in [6.07, 6.45) is 0. The van der Waals surface area contributed by atoms with Crippen LogP contribution >= 0.6 is 11.8 Å². The van der Waals surface area contributed by atoms with Crippen LogP contribution in [0, 0.1) is 13.8 Å². The molecule has 0 saturated heterocycles. The molecule has 0 atom stereocenters. The molecular formula is C13H19N3S. The maximum Gasteiger partial charge on any atom is 0.166 e. The van der Waals surface area contributed by atoms with Gasteiger partial charge in [0.05, 0.1) is 11.0 Å². The molecule has 0 bridgehead atoms. The monoisotopic (exact) mass is 249 g/mol. The third kappa shape index (κ3) is 3.01. The van der Waals surface area contributed by atoms with Crippen LogP contribution in [0.5, 0.6) is 0 Å². The number of rotatable bonds is 3. The quantitative estimate of drug-likeness (QED) is 0.822. The minimum absolute atomic E-state index is 0.171. The number of hydrogen-bond donors (Lipinski definition) is 2. The minimum Gasteiger partial charge on any atom is -0.333 e. The first kappa shape index (κ1) is 12.5. The number of H-pyrrole nitrogens is 1. The molecule has 17 heavy (non-hydrogen) atoms. The number of hydrogen-bond acceptors (Lipinski definition) is 3. The Morgan fingerprint density at radius 3 is 2.59 bits per heavy atom. The SMILES string of the molecule is Cc1cc2nc(SCC(C)(C)N)[nH]c2cc1C. The van der Waals surface area contributed by atoms with Crippen molar-refractivity contribution in [1.29, 1.82) is 0 Å². The molecule has 0 fully saturated rings. The zero-order chi connectivity index (χ0) is 12.6. The van der Waals surface area contributed by atoms with Gasteiger partial charge in [-0.25, -0.2) is 4.98 Å². The second-order valence-corrected chi connectivity index (χ2v) is 6.24. The van der Waals surface area contributed by atoms with E-state index in [9.17, 15) is 0 Å². The standard InChI is InChI=1S/C13H19N3S/c1-8-5-10-11(6-9(8)2)16-12(15-10)17-7-13(3,4)14/h5-6H,7,14H2,1-4H3,(H,15,16). The van der Waals surface area contributed by atoms with Crippen LogP contribution in [0.4, 0.5) is 0 Å². The zero-order valence-corrected chi connectivity index (χ0v) is 11.6. The van der Waals surface area contributed by atoms with E-state index in [0.29, 0.717) is 0 Å². The molecule has 0 aliphatic heterocycles. The number of nitrogens with zero attached hydrogens (tertiary/aromatic N) is 1. The van der Waals surface area contributed by atoms with Crippen molar-refractivity contribution in [3.63, 3.8) is 0 Å². The van der Waals surface area contributed by atoms with Gasteiger partial charge in [0, 0.05) is 11.3 Å². The Bertz CT molecular complexity index is 498. The van der Waals surface area contributed by atoms with E-state index in [1.807, 2.05) is 13.8 Å². The Kier molecular flexibility index (Phi) is 3.19. The lowest BCUT2D eigenvalue weighted by atomic mass is 10.1. The fraction of sp³-hybridized carbons (Fsp3) is 0.462. The molecule has 2 aromatic rings. The van der Waals surface area contributed by atoms with Gasteiger partial charge in [-0.05, 0) is 51.0 Å². The first-order valence-electron chi connectivity index (χ1n) is 5.74. The molecule has 1 heterocycles. The van der Waals surface area contributed by atoms with Crippen LogP contribution in [0.3, 0.4) is 0 Å². The Labute approximate surface area is 106 Å². The summed E-state index contributed by atoms with van der Waals surface area (Å²) in [7, 11) is 0. The van der Waals surface area contributed by atoms with Gasteiger partial charge in [0.15, 0.2) is 5.16 Å². The summed E-state index contributed by atoms with van der Waals surface area (Å²) >= 11 is 1.67. The third-order valence-electron chi connectivity index (χ3n) is 2.66. The van der Waals surface area contributed by atoms with Crippen LogP contribution < -0.4 is 5.73 Å². The van der Waals surface area contributed by atoms with Gasteiger partial charge in [-0.3, -0.25) is 0 Å². The van der Waals surface area contributed by atoms with Gasteiger partial charge in [0.1, 0.15) is 0 Å². The van der Waals surface area contributed by atoms with Gasteiger partial charge in [0.25, 0.3) is 0 Å². The van der Waals surface area contributed by atoms with E-state index in [1.165, 1.54) is 11.1 Å².